The van der Waals surface area contributed by atoms with Crippen molar-refractivity contribution in [3.05, 3.63) is 28.2 Å². The summed E-state index contributed by atoms with van der Waals surface area (Å²) >= 11 is 3.56. The number of halogens is 1. The predicted molar refractivity (Wildman–Crippen MR) is 90.4 cm³/mol. The lowest BCUT2D eigenvalue weighted by atomic mass is 10.2. The number of nitrogens with two attached hydrogens (primary N) is 1. The quantitative estimate of drug-likeness (QED) is 0.383. The molecule has 5 nitrogen and oxygen atoms in total. The van der Waals surface area contributed by atoms with Crippen LogP contribution in [0.15, 0.2) is 22.7 Å². The summed E-state index contributed by atoms with van der Waals surface area (Å²) in [7, 11) is 0. The number of ether oxygens (including phenoxy) is 2. The molecule has 0 unspecified atom stereocenters. The maximum atomic E-state index is 7.48. The number of nitrogens with zero attached hydrogens (tertiary/aromatic N) is 1. The van der Waals surface area contributed by atoms with E-state index in [1.807, 2.05) is 32.0 Å². The maximum Gasteiger partial charge on any atom is 0.122 e. The maximum absolute atomic E-state index is 7.48. The Morgan fingerprint density at radius 2 is 1.76 bits per heavy atom. The van der Waals surface area contributed by atoms with Gasteiger partial charge in [-0.25, -0.2) is 0 Å². The first-order valence-electron chi connectivity index (χ1n) is 7.14. The van der Waals surface area contributed by atoms with Crippen molar-refractivity contribution in [3.8, 4) is 0 Å². The van der Waals surface area contributed by atoms with Crippen LogP contribution in [-0.2, 0) is 9.47 Å². The number of benzene rings is 1. The highest BCUT2D eigenvalue weighted by atomic mass is 79.9. The number of nitrogens with one attached hydrogen (secondary N) is 1. The van der Waals surface area contributed by atoms with Crippen LogP contribution in [0.2, 0.25) is 0 Å². The van der Waals surface area contributed by atoms with Crippen molar-refractivity contribution in [1.29, 1.82) is 5.41 Å². The second kappa shape index (κ2) is 9.76. The highest BCUT2D eigenvalue weighted by molar-refractivity contribution is 9.10. The molecule has 118 valence electrons. The molecule has 21 heavy (non-hydrogen) atoms. The third kappa shape index (κ3) is 6.03. The van der Waals surface area contributed by atoms with E-state index in [1.54, 1.807) is 0 Å². The average Bonchev–Trinajstić information content (AvgIpc) is 2.46. The molecule has 0 bridgehead atoms. The van der Waals surface area contributed by atoms with E-state index in [4.69, 9.17) is 20.6 Å². The smallest absolute Gasteiger partial charge is 0.122 e. The molecular formula is C15H24BrN3O2. The first-order valence-corrected chi connectivity index (χ1v) is 7.93. The zero-order valence-corrected chi connectivity index (χ0v) is 14.3. The third-order valence-corrected chi connectivity index (χ3v) is 3.65. The van der Waals surface area contributed by atoms with Crippen molar-refractivity contribution in [2.45, 2.75) is 13.8 Å². The number of anilines is 1. The molecule has 0 fully saturated rings. The van der Waals surface area contributed by atoms with E-state index < -0.39 is 0 Å². The van der Waals surface area contributed by atoms with Crippen LogP contribution in [0.4, 0.5) is 5.69 Å². The monoisotopic (exact) mass is 357 g/mol. The molecule has 1 rings (SSSR count). The van der Waals surface area contributed by atoms with Crippen LogP contribution in [0.25, 0.3) is 0 Å². The van der Waals surface area contributed by atoms with Crippen molar-refractivity contribution in [1.82, 2.24) is 0 Å². The second-order valence-corrected chi connectivity index (χ2v) is 5.32. The van der Waals surface area contributed by atoms with Gasteiger partial charge >= 0.3 is 0 Å². The fraction of sp³-hybridized carbons (Fsp3) is 0.533. The molecule has 0 amide bonds. The molecule has 0 saturated carbocycles. The second-order valence-electron chi connectivity index (χ2n) is 4.46. The van der Waals surface area contributed by atoms with Crippen LogP contribution < -0.4 is 10.6 Å². The molecule has 1 aromatic rings. The first-order chi connectivity index (χ1) is 10.1. The molecule has 1 aromatic carbocycles. The standard InChI is InChI=1S/C15H24BrN3O2/c1-3-20-9-7-19(8-10-21-4-2)14-6-5-12(15(17)18)11-13(14)16/h5-6,11H,3-4,7-10H2,1-2H3,(H3,17,18). The molecule has 0 heterocycles. The molecule has 0 aliphatic carbocycles. The summed E-state index contributed by atoms with van der Waals surface area (Å²) in [6.45, 7) is 8.32. The van der Waals surface area contributed by atoms with Crippen LogP contribution in [0.5, 0.6) is 0 Å². The number of rotatable bonds is 10. The molecule has 0 aromatic heterocycles. The van der Waals surface area contributed by atoms with Gasteiger partial charge in [0, 0.05) is 36.3 Å². The summed E-state index contributed by atoms with van der Waals surface area (Å²) in [5.74, 6) is 0.0671. The SMILES string of the molecule is CCOCCN(CCOCC)c1ccc(C(=N)N)cc1Br. The lowest BCUT2D eigenvalue weighted by Crippen LogP contribution is -2.31. The van der Waals surface area contributed by atoms with Gasteiger partial charge < -0.3 is 20.1 Å². The third-order valence-electron chi connectivity index (χ3n) is 3.02. The van der Waals surface area contributed by atoms with Crippen LogP contribution >= 0.6 is 15.9 Å². The Balaban J connectivity index is 2.82. The van der Waals surface area contributed by atoms with Gasteiger partial charge in [-0.05, 0) is 48.0 Å². The summed E-state index contributed by atoms with van der Waals surface area (Å²) in [6.07, 6.45) is 0. The van der Waals surface area contributed by atoms with Crippen LogP contribution in [0, 0.1) is 5.41 Å². The molecule has 6 heteroatoms. The molecular weight excluding hydrogens is 334 g/mol. The Morgan fingerprint density at radius 3 is 2.19 bits per heavy atom. The minimum absolute atomic E-state index is 0.0671. The minimum atomic E-state index is 0.0671. The minimum Gasteiger partial charge on any atom is -0.384 e. The summed E-state index contributed by atoms with van der Waals surface area (Å²) in [5, 5.41) is 7.48. The zero-order valence-electron chi connectivity index (χ0n) is 12.7. The fourth-order valence-electron chi connectivity index (χ4n) is 1.92. The van der Waals surface area contributed by atoms with Crippen molar-refractivity contribution >= 4 is 27.5 Å². The molecule has 0 aliphatic heterocycles. The van der Waals surface area contributed by atoms with E-state index in [1.165, 1.54) is 0 Å². The van der Waals surface area contributed by atoms with Gasteiger partial charge in [0.25, 0.3) is 0 Å². The lowest BCUT2D eigenvalue weighted by molar-refractivity contribution is 0.141. The van der Waals surface area contributed by atoms with Crippen LogP contribution in [0.3, 0.4) is 0 Å². The van der Waals surface area contributed by atoms with Crippen LogP contribution in [0.1, 0.15) is 19.4 Å². The van der Waals surface area contributed by atoms with Gasteiger partial charge in [0.2, 0.25) is 0 Å². The van der Waals surface area contributed by atoms with Gasteiger partial charge in [0.15, 0.2) is 0 Å². The van der Waals surface area contributed by atoms with Gasteiger partial charge in [0.05, 0.1) is 18.9 Å². The van der Waals surface area contributed by atoms with Crippen LogP contribution in [-0.4, -0.2) is 45.4 Å². The molecule has 0 radical (unpaired) electrons. The van der Waals surface area contributed by atoms with E-state index in [0.717, 1.165) is 23.2 Å². The normalized spacial score (nSPS) is 10.6. The largest absolute Gasteiger partial charge is 0.384 e. The Kier molecular flexibility index (Phi) is 8.34. The Hall–Kier alpha value is -1.11. The Labute approximate surface area is 135 Å². The van der Waals surface area contributed by atoms with Gasteiger partial charge in [0.1, 0.15) is 5.84 Å². The average molecular weight is 358 g/mol. The number of hydrogen-bond donors (Lipinski definition) is 2. The Bertz CT molecular complexity index is 445. The highest BCUT2D eigenvalue weighted by Crippen LogP contribution is 2.27. The first kappa shape index (κ1) is 17.9. The van der Waals surface area contributed by atoms with E-state index in [2.05, 4.69) is 20.8 Å². The number of hydrogen-bond acceptors (Lipinski definition) is 4. The zero-order chi connectivity index (χ0) is 15.7. The van der Waals surface area contributed by atoms with E-state index in [9.17, 15) is 0 Å². The van der Waals surface area contributed by atoms with Crippen molar-refractivity contribution in [3.63, 3.8) is 0 Å². The number of amidine groups is 1. The molecule has 0 spiro atoms. The lowest BCUT2D eigenvalue weighted by Gasteiger charge is -2.26. The molecule has 3 N–H and O–H groups in total. The summed E-state index contributed by atoms with van der Waals surface area (Å²) < 4.78 is 11.8. The van der Waals surface area contributed by atoms with Crippen molar-refractivity contribution < 1.29 is 9.47 Å². The molecule has 0 atom stereocenters. The fourth-order valence-corrected chi connectivity index (χ4v) is 2.55. The van der Waals surface area contributed by atoms with E-state index >= 15 is 0 Å². The topological polar surface area (TPSA) is 71.6 Å². The molecule has 0 aliphatic rings. The van der Waals surface area contributed by atoms with Gasteiger partial charge in [-0.2, -0.15) is 0 Å². The van der Waals surface area contributed by atoms with Gasteiger partial charge in [-0.1, -0.05) is 0 Å². The predicted octanol–water partition coefficient (Wildman–Crippen LogP) is 2.61. The summed E-state index contributed by atoms with van der Waals surface area (Å²) in [6, 6.07) is 5.70. The van der Waals surface area contributed by atoms with Crippen molar-refractivity contribution in [2.24, 2.45) is 5.73 Å². The summed E-state index contributed by atoms with van der Waals surface area (Å²) in [4.78, 5) is 2.21. The Morgan fingerprint density at radius 1 is 1.19 bits per heavy atom. The van der Waals surface area contributed by atoms with E-state index in [0.29, 0.717) is 32.0 Å². The van der Waals surface area contributed by atoms with Crippen molar-refractivity contribution in [2.75, 3.05) is 44.4 Å². The highest BCUT2D eigenvalue weighted by Gasteiger charge is 2.11. The summed E-state index contributed by atoms with van der Waals surface area (Å²) in [5.41, 5.74) is 7.28. The number of nitrogen functional groups attached to an aromatic ring is 1. The molecule has 0 saturated heterocycles. The van der Waals surface area contributed by atoms with Gasteiger partial charge in [-0.3, -0.25) is 5.41 Å². The van der Waals surface area contributed by atoms with E-state index in [-0.39, 0.29) is 5.84 Å². The van der Waals surface area contributed by atoms with Gasteiger partial charge in [-0.15, -0.1) is 0 Å².